The lowest BCUT2D eigenvalue weighted by Crippen LogP contribution is -2.44. The van der Waals surface area contributed by atoms with Crippen molar-refractivity contribution < 1.29 is 18.0 Å². The summed E-state index contributed by atoms with van der Waals surface area (Å²) in [6.07, 6.45) is 0. The first-order chi connectivity index (χ1) is 9.27. The maximum atomic E-state index is 12.1. The summed E-state index contributed by atoms with van der Waals surface area (Å²) in [5, 5.41) is 2.53. The molecule has 0 saturated carbocycles. The van der Waals surface area contributed by atoms with E-state index in [4.69, 9.17) is 0 Å². The number of hydrogen-bond donors (Lipinski definition) is 2. The quantitative estimate of drug-likeness (QED) is 0.756. The molecule has 1 atom stereocenters. The molecule has 110 valence electrons. The van der Waals surface area contributed by atoms with Gasteiger partial charge in [0.2, 0.25) is 15.9 Å². The number of sulfonamides is 1. The Labute approximate surface area is 118 Å². The molecule has 7 heteroatoms. The molecule has 0 aliphatic carbocycles. The Morgan fingerprint density at radius 2 is 1.95 bits per heavy atom. The predicted octanol–water partition coefficient (Wildman–Crippen LogP) is 0.692. The molecule has 0 heterocycles. The SMILES string of the molecule is CCNC(=O)[C@H](C)NS(=O)(=O)c1cccc(C(C)=O)c1. The first kappa shape index (κ1) is 16.3. The lowest BCUT2D eigenvalue weighted by Gasteiger charge is -2.14. The molecule has 0 fully saturated rings. The summed E-state index contributed by atoms with van der Waals surface area (Å²) in [5.74, 6) is -0.627. The van der Waals surface area contributed by atoms with Crippen molar-refractivity contribution in [2.45, 2.75) is 31.7 Å². The zero-order chi connectivity index (χ0) is 15.3. The highest BCUT2D eigenvalue weighted by molar-refractivity contribution is 7.89. The molecule has 20 heavy (non-hydrogen) atoms. The number of benzene rings is 1. The minimum absolute atomic E-state index is 0.0404. The highest BCUT2D eigenvalue weighted by Crippen LogP contribution is 2.12. The van der Waals surface area contributed by atoms with Crippen LogP contribution in [-0.2, 0) is 14.8 Å². The average molecular weight is 298 g/mol. The van der Waals surface area contributed by atoms with E-state index >= 15 is 0 Å². The van der Waals surface area contributed by atoms with Crippen molar-refractivity contribution in [2.24, 2.45) is 0 Å². The fraction of sp³-hybridized carbons (Fsp3) is 0.385. The van der Waals surface area contributed by atoms with Crippen molar-refractivity contribution in [2.75, 3.05) is 6.54 Å². The largest absolute Gasteiger partial charge is 0.355 e. The van der Waals surface area contributed by atoms with Gasteiger partial charge in [0.05, 0.1) is 10.9 Å². The van der Waals surface area contributed by atoms with Crippen molar-refractivity contribution in [1.82, 2.24) is 10.0 Å². The van der Waals surface area contributed by atoms with Crippen molar-refractivity contribution >= 4 is 21.7 Å². The van der Waals surface area contributed by atoms with Crippen molar-refractivity contribution in [3.05, 3.63) is 29.8 Å². The molecule has 0 saturated heterocycles. The standard InChI is InChI=1S/C13H18N2O4S/c1-4-14-13(17)9(2)15-20(18,19)12-7-5-6-11(8-12)10(3)16/h5-9,15H,4H2,1-3H3,(H,14,17)/t9-/m0/s1. The van der Waals surface area contributed by atoms with Gasteiger partial charge in [-0.25, -0.2) is 8.42 Å². The Hall–Kier alpha value is -1.73. The Morgan fingerprint density at radius 3 is 2.50 bits per heavy atom. The lowest BCUT2D eigenvalue weighted by atomic mass is 10.2. The van der Waals surface area contributed by atoms with E-state index in [0.717, 1.165) is 0 Å². The topological polar surface area (TPSA) is 92.3 Å². The molecular formula is C13H18N2O4S. The Bertz CT molecular complexity index is 611. The molecule has 0 radical (unpaired) electrons. The second-order valence-corrected chi connectivity index (χ2v) is 6.04. The van der Waals surface area contributed by atoms with Crippen LogP contribution in [0, 0.1) is 0 Å². The highest BCUT2D eigenvalue weighted by Gasteiger charge is 2.22. The van der Waals surface area contributed by atoms with Crippen LogP contribution < -0.4 is 10.0 Å². The smallest absolute Gasteiger partial charge is 0.241 e. The number of Topliss-reactive ketones (excluding diaryl/α,β-unsaturated/α-hetero) is 1. The van der Waals surface area contributed by atoms with E-state index in [1.807, 2.05) is 0 Å². The van der Waals surface area contributed by atoms with Gasteiger partial charge in [-0.15, -0.1) is 0 Å². The molecule has 0 aromatic heterocycles. The number of carbonyl (C=O) groups excluding carboxylic acids is 2. The second kappa shape index (κ2) is 6.62. The maximum Gasteiger partial charge on any atom is 0.241 e. The third-order valence-corrected chi connectivity index (χ3v) is 4.17. The van der Waals surface area contributed by atoms with Gasteiger partial charge in [0.1, 0.15) is 0 Å². The zero-order valence-electron chi connectivity index (χ0n) is 11.6. The van der Waals surface area contributed by atoms with Crippen molar-refractivity contribution in [3.63, 3.8) is 0 Å². The molecule has 1 aromatic rings. The number of rotatable bonds is 6. The van der Waals surface area contributed by atoms with Crippen LogP contribution in [0.15, 0.2) is 29.2 Å². The van der Waals surface area contributed by atoms with E-state index in [-0.39, 0.29) is 10.7 Å². The normalized spacial score (nSPS) is 12.8. The molecule has 0 aliphatic heterocycles. The molecule has 1 rings (SSSR count). The summed E-state index contributed by atoms with van der Waals surface area (Å²) in [6, 6.07) is 4.80. The average Bonchev–Trinajstić information content (AvgIpc) is 2.38. The number of amides is 1. The number of hydrogen-bond acceptors (Lipinski definition) is 4. The van der Waals surface area contributed by atoms with E-state index in [0.29, 0.717) is 12.1 Å². The molecule has 2 N–H and O–H groups in total. The van der Waals surface area contributed by atoms with Crippen LogP contribution in [-0.4, -0.2) is 32.7 Å². The Kier molecular flexibility index (Phi) is 5.41. The van der Waals surface area contributed by atoms with Crippen LogP contribution in [0.3, 0.4) is 0 Å². The van der Waals surface area contributed by atoms with Gasteiger partial charge in [-0.05, 0) is 32.9 Å². The van der Waals surface area contributed by atoms with Crippen molar-refractivity contribution in [1.29, 1.82) is 0 Å². The molecule has 0 spiro atoms. The minimum Gasteiger partial charge on any atom is -0.355 e. The highest BCUT2D eigenvalue weighted by atomic mass is 32.2. The van der Waals surface area contributed by atoms with Gasteiger partial charge in [0.15, 0.2) is 5.78 Å². The van der Waals surface area contributed by atoms with Gasteiger partial charge in [-0.2, -0.15) is 4.72 Å². The number of ketones is 1. The molecule has 1 aromatic carbocycles. The molecule has 0 aliphatic rings. The van der Waals surface area contributed by atoms with Crippen LogP contribution in [0.2, 0.25) is 0 Å². The van der Waals surface area contributed by atoms with Crippen LogP contribution in [0.25, 0.3) is 0 Å². The van der Waals surface area contributed by atoms with E-state index in [2.05, 4.69) is 10.0 Å². The van der Waals surface area contributed by atoms with Crippen molar-refractivity contribution in [3.8, 4) is 0 Å². The second-order valence-electron chi connectivity index (χ2n) is 4.32. The molecular weight excluding hydrogens is 280 g/mol. The molecule has 6 nitrogen and oxygen atoms in total. The summed E-state index contributed by atoms with van der Waals surface area (Å²) in [5.41, 5.74) is 0.304. The van der Waals surface area contributed by atoms with Gasteiger partial charge in [-0.3, -0.25) is 9.59 Å². The monoisotopic (exact) mass is 298 g/mol. The van der Waals surface area contributed by atoms with Crippen LogP contribution in [0.1, 0.15) is 31.1 Å². The summed E-state index contributed by atoms with van der Waals surface area (Å²) >= 11 is 0. The fourth-order valence-electron chi connectivity index (χ4n) is 1.56. The van der Waals surface area contributed by atoms with Crippen LogP contribution in [0.5, 0.6) is 0 Å². The third-order valence-electron chi connectivity index (χ3n) is 2.63. The van der Waals surface area contributed by atoms with Crippen LogP contribution in [0.4, 0.5) is 0 Å². The molecule has 0 unspecified atom stereocenters. The van der Waals surface area contributed by atoms with E-state index < -0.39 is 22.0 Å². The summed E-state index contributed by atoms with van der Waals surface area (Å²) in [6.45, 7) is 4.98. The Balaban J connectivity index is 2.97. The summed E-state index contributed by atoms with van der Waals surface area (Å²) in [4.78, 5) is 22.8. The number of carbonyl (C=O) groups is 2. The number of likely N-dealkylation sites (N-methyl/N-ethyl adjacent to an activating group) is 1. The van der Waals surface area contributed by atoms with E-state index in [1.165, 1.54) is 38.1 Å². The maximum absolute atomic E-state index is 12.1. The van der Waals surface area contributed by atoms with Gasteiger partial charge in [-0.1, -0.05) is 12.1 Å². The number of nitrogens with one attached hydrogen (secondary N) is 2. The van der Waals surface area contributed by atoms with E-state index in [1.54, 1.807) is 6.92 Å². The molecule has 0 bridgehead atoms. The zero-order valence-corrected chi connectivity index (χ0v) is 12.5. The third kappa shape index (κ3) is 4.14. The lowest BCUT2D eigenvalue weighted by molar-refractivity contribution is -0.122. The first-order valence-corrected chi connectivity index (χ1v) is 7.67. The van der Waals surface area contributed by atoms with Gasteiger partial charge in [0, 0.05) is 12.1 Å². The van der Waals surface area contributed by atoms with Gasteiger partial charge < -0.3 is 5.32 Å². The summed E-state index contributed by atoms with van der Waals surface area (Å²) < 4.78 is 26.5. The van der Waals surface area contributed by atoms with Crippen LogP contribution >= 0.6 is 0 Å². The molecule has 1 amide bonds. The van der Waals surface area contributed by atoms with Gasteiger partial charge in [0.25, 0.3) is 0 Å². The minimum atomic E-state index is -3.84. The first-order valence-electron chi connectivity index (χ1n) is 6.19. The van der Waals surface area contributed by atoms with E-state index in [9.17, 15) is 18.0 Å². The van der Waals surface area contributed by atoms with Gasteiger partial charge >= 0.3 is 0 Å². The fourth-order valence-corrected chi connectivity index (χ4v) is 2.81. The predicted molar refractivity (Wildman–Crippen MR) is 74.9 cm³/mol. The Morgan fingerprint density at radius 1 is 1.30 bits per heavy atom. The summed E-state index contributed by atoms with van der Waals surface area (Å²) in [7, 11) is -3.84.